The van der Waals surface area contributed by atoms with Crippen LogP contribution in [0.1, 0.15) is 10.5 Å². The van der Waals surface area contributed by atoms with Crippen LogP contribution in [0.3, 0.4) is 0 Å². The van der Waals surface area contributed by atoms with E-state index in [0.29, 0.717) is 0 Å². The van der Waals surface area contributed by atoms with E-state index in [1.807, 2.05) is 0 Å². The number of Topliss-reactive ketones (excluding diaryl/α,β-unsaturated/α-hetero) is 1. The fourth-order valence-corrected chi connectivity index (χ4v) is 0.961. The maximum Gasteiger partial charge on any atom is 0.212 e. The minimum atomic E-state index is -0.997. The van der Waals surface area contributed by atoms with Gasteiger partial charge >= 0.3 is 0 Å². The van der Waals surface area contributed by atoms with E-state index in [1.54, 1.807) is 6.07 Å². The topological polar surface area (TPSA) is 30.0 Å². The van der Waals surface area contributed by atoms with Crippen LogP contribution in [0.4, 0.5) is 4.39 Å². The summed E-state index contributed by atoms with van der Waals surface area (Å²) >= 11 is 3.14. The number of carbonyl (C=O) groups excluding carboxylic acids is 1. The molecular weight excluding hydrogens is 213 g/mol. The molecule has 0 fully saturated rings. The average Bonchev–Trinajstić information content (AvgIpc) is 2.03. The molecule has 0 aliphatic rings. The zero-order valence-corrected chi connectivity index (χ0v) is 7.14. The molecule has 0 atom stereocenters. The van der Waals surface area contributed by atoms with Gasteiger partial charge in [0.15, 0.2) is 6.67 Å². The lowest BCUT2D eigenvalue weighted by Crippen LogP contribution is -2.03. The van der Waals surface area contributed by atoms with Gasteiger partial charge in [-0.25, -0.2) is 4.39 Å². The molecule has 0 saturated heterocycles. The summed E-state index contributed by atoms with van der Waals surface area (Å²) in [5, 5.41) is 0. The van der Waals surface area contributed by atoms with Gasteiger partial charge in [-0.3, -0.25) is 9.78 Å². The Bertz CT molecular complexity index is 277. The molecule has 0 aromatic carbocycles. The van der Waals surface area contributed by atoms with Crippen LogP contribution in [0, 0.1) is 0 Å². The fraction of sp³-hybridized carbons (Fsp3) is 0.143. The van der Waals surface area contributed by atoms with Crippen LogP contribution in [-0.2, 0) is 0 Å². The molecule has 0 aliphatic carbocycles. The van der Waals surface area contributed by atoms with E-state index in [-0.39, 0.29) is 5.69 Å². The van der Waals surface area contributed by atoms with Crippen LogP contribution in [0.2, 0.25) is 0 Å². The normalized spacial score (nSPS) is 9.64. The molecule has 1 aromatic rings. The molecule has 0 spiro atoms. The zero-order valence-electron chi connectivity index (χ0n) is 5.55. The molecule has 0 N–H and O–H groups in total. The number of pyridine rings is 1. The van der Waals surface area contributed by atoms with Gasteiger partial charge in [0.25, 0.3) is 0 Å². The second kappa shape index (κ2) is 3.57. The molecule has 2 nitrogen and oxygen atoms in total. The zero-order chi connectivity index (χ0) is 8.27. The number of aromatic nitrogens is 1. The summed E-state index contributed by atoms with van der Waals surface area (Å²) < 4.78 is 12.5. The van der Waals surface area contributed by atoms with E-state index in [2.05, 4.69) is 20.9 Å². The molecule has 1 rings (SSSR count). The van der Waals surface area contributed by atoms with E-state index in [4.69, 9.17) is 0 Å². The van der Waals surface area contributed by atoms with Gasteiger partial charge in [0.1, 0.15) is 5.69 Å². The first-order valence-electron chi connectivity index (χ1n) is 2.95. The van der Waals surface area contributed by atoms with Crippen molar-refractivity contribution in [2.75, 3.05) is 6.67 Å². The Balaban J connectivity index is 2.96. The van der Waals surface area contributed by atoms with Gasteiger partial charge in [-0.15, -0.1) is 0 Å². The molecule has 0 aliphatic heterocycles. The smallest absolute Gasteiger partial charge is 0.212 e. The molecule has 0 amide bonds. The van der Waals surface area contributed by atoms with Crippen molar-refractivity contribution in [3.63, 3.8) is 0 Å². The Labute approximate surface area is 71.6 Å². The second-order valence-electron chi connectivity index (χ2n) is 1.92. The Kier molecular flexibility index (Phi) is 2.70. The van der Waals surface area contributed by atoms with Crippen molar-refractivity contribution in [1.29, 1.82) is 0 Å². The highest BCUT2D eigenvalue weighted by molar-refractivity contribution is 9.10. The van der Waals surface area contributed by atoms with Crippen molar-refractivity contribution in [1.82, 2.24) is 4.98 Å². The van der Waals surface area contributed by atoms with Crippen LogP contribution >= 0.6 is 15.9 Å². The van der Waals surface area contributed by atoms with Crippen molar-refractivity contribution in [3.05, 3.63) is 28.5 Å². The summed E-state index contributed by atoms with van der Waals surface area (Å²) in [6.45, 7) is -0.997. The van der Waals surface area contributed by atoms with Crippen molar-refractivity contribution in [2.45, 2.75) is 0 Å². The van der Waals surface area contributed by atoms with Crippen molar-refractivity contribution in [2.24, 2.45) is 0 Å². The second-order valence-corrected chi connectivity index (χ2v) is 2.83. The Morgan fingerprint density at radius 3 is 3.00 bits per heavy atom. The number of hydrogen-bond donors (Lipinski definition) is 0. The van der Waals surface area contributed by atoms with Gasteiger partial charge in [0.05, 0.1) is 0 Å². The molecule has 0 unspecified atom stereocenters. The Morgan fingerprint density at radius 1 is 1.73 bits per heavy atom. The van der Waals surface area contributed by atoms with Crippen LogP contribution in [0.15, 0.2) is 22.8 Å². The van der Waals surface area contributed by atoms with Gasteiger partial charge in [-0.1, -0.05) is 15.9 Å². The number of rotatable bonds is 2. The molecule has 1 aromatic heterocycles. The fourth-order valence-electron chi connectivity index (χ4n) is 0.626. The first-order chi connectivity index (χ1) is 5.24. The van der Waals surface area contributed by atoms with Crippen molar-refractivity contribution >= 4 is 21.7 Å². The lowest BCUT2D eigenvalue weighted by atomic mass is 10.3. The van der Waals surface area contributed by atoms with Gasteiger partial charge < -0.3 is 0 Å². The summed E-state index contributed by atoms with van der Waals surface area (Å²) in [7, 11) is 0. The van der Waals surface area contributed by atoms with Gasteiger partial charge in [-0.2, -0.15) is 0 Å². The molecular formula is C7H5BrFNO. The third-order valence-corrected chi connectivity index (χ3v) is 1.62. The van der Waals surface area contributed by atoms with E-state index in [0.717, 1.165) is 4.47 Å². The highest BCUT2D eigenvalue weighted by atomic mass is 79.9. The molecule has 1 heterocycles. The van der Waals surface area contributed by atoms with Crippen LogP contribution in [0.5, 0.6) is 0 Å². The van der Waals surface area contributed by atoms with E-state index in [9.17, 15) is 9.18 Å². The Morgan fingerprint density at radius 2 is 2.45 bits per heavy atom. The maximum absolute atomic E-state index is 11.8. The monoisotopic (exact) mass is 217 g/mol. The number of ketones is 1. The maximum atomic E-state index is 11.8. The first kappa shape index (κ1) is 8.33. The van der Waals surface area contributed by atoms with Crippen LogP contribution in [0.25, 0.3) is 0 Å². The van der Waals surface area contributed by atoms with Gasteiger partial charge in [-0.05, 0) is 12.1 Å². The molecule has 0 saturated carbocycles. The average molecular weight is 218 g/mol. The molecule has 11 heavy (non-hydrogen) atoms. The predicted octanol–water partition coefficient (Wildman–Crippen LogP) is 2.00. The molecule has 4 heteroatoms. The van der Waals surface area contributed by atoms with Crippen LogP contribution in [-0.4, -0.2) is 17.4 Å². The summed E-state index contributed by atoms with van der Waals surface area (Å²) in [6.07, 6.45) is 1.45. The number of carbonyl (C=O) groups is 1. The number of alkyl halides is 1. The summed E-state index contributed by atoms with van der Waals surface area (Å²) in [6, 6.07) is 3.16. The van der Waals surface area contributed by atoms with Gasteiger partial charge in [0.2, 0.25) is 5.78 Å². The standard InChI is InChI=1S/C7H5BrFNO/c8-5-1-2-10-6(3-5)7(11)4-9/h1-3H,4H2. The van der Waals surface area contributed by atoms with E-state index >= 15 is 0 Å². The minimum Gasteiger partial charge on any atom is -0.289 e. The number of hydrogen-bond acceptors (Lipinski definition) is 2. The number of nitrogens with zero attached hydrogens (tertiary/aromatic N) is 1. The largest absolute Gasteiger partial charge is 0.289 e. The van der Waals surface area contributed by atoms with E-state index < -0.39 is 12.5 Å². The summed E-state index contributed by atoms with van der Waals surface area (Å²) in [4.78, 5) is 14.4. The van der Waals surface area contributed by atoms with Crippen molar-refractivity contribution in [3.8, 4) is 0 Å². The summed E-state index contributed by atoms with van der Waals surface area (Å²) in [5.41, 5.74) is 0.155. The predicted molar refractivity (Wildman–Crippen MR) is 42.2 cm³/mol. The van der Waals surface area contributed by atoms with Gasteiger partial charge in [0, 0.05) is 10.7 Å². The number of halogens is 2. The molecule has 0 radical (unpaired) electrons. The third-order valence-electron chi connectivity index (χ3n) is 1.13. The third kappa shape index (κ3) is 2.08. The SMILES string of the molecule is O=C(CF)c1cc(Br)ccn1. The Hall–Kier alpha value is -0.770. The van der Waals surface area contributed by atoms with E-state index in [1.165, 1.54) is 12.3 Å². The van der Waals surface area contributed by atoms with Crippen LogP contribution < -0.4 is 0 Å². The highest BCUT2D eigenvalue weighted by Crippen LogP contribution is 2.09. The van der Waals surface area contributed by atoms with Crippen molar-refractivity contribution < 1.29 is 9.18 Å². The molecule has 58 valence electrons. The minimum absolute atomic E-state index is 0.155. The summed E-state index contributed by atoms with van der Waals surface area (Å²) in [5.74, 6) is -0.591. The quantitative estimate of drug-likeness (QED) is 0.710. The highest BCUT2D eigenvalue weighted by Gasteiger charge is 2.05. The first-order valence-corrected chi connectivity index (χ1v) is 3.74. The molecule has 0 bridgehead atoms. The lowest BCUT2D eigenvalue weighted by molar-refractivity contribution is 0.0954. The lowest BCUT2D eigenvalue weighted by Gasteiger charge is -1.94.